The lowest BCUT2D eigenvalue weighted by molar-refractivity contribution is 0.372. The third-order valence-electron chi connectivity index (χ3n) is 0.654. The molecule has 0 aliphatic rings. The summed E-state index contributed by atoms with van der Waals surface area (Å²) in [5, 5.41) is 0. The summed E-state index contributed by atoms with van der Waals surface area (Å²) in [6.45, 7) is 0.338. The fraction of sp³-hybridized carbons (Fsp3) is 1.00. The summed E-state index contributed by atoms with van der Waals surface area (Å²) in [4.78, 5) is 16.4. The van der Waals surface area contributed by atoms with Gasteiger partial charge in [-0.15, -0.1) is 0 Å². The Hall–Kier alpha value is 0.110. The van der Waals surface area contributed by atoms with Crippen LogP contribution in [0.25, 0.3) is 0 Å². The van der Waals surface area contributed by atoms with E-state index in [-0.39, 0.29) is 6.16 Å². The SMILES string of the molecule is [15NH2]CCCP(=O)(O)O. The van der Waals surface area contributed by atoms with E-state index in [9.17, 15) is 4.57 Å². The number of hydrogen-bond donors (Lipinski definition) is 3. The minimum atomic E-state index is -3.76. The second-order valence-electron chi connectivity index (χ2n) is 1.53. The topological polar surface area (TPSA) is 83.6 Å². The van der Waals surface area contributed by atoms with Crippen molar-refractivity contribution in [3.63, 3.8) is 0 Å². The monoisotopic (exact) mass is 140 g/mol. The maximum atomic E-state index is 10.0. The van der Waals surface area contributed by atoms with Crippen molar-refractivity contribution in [1.29, 1.82) is 0 Å². The van der Waals surface area contributed by atoms with Crippen molar-refractivity contribution in [3.8, 4) is 0 Å². The highest BCUT2D eigenvalue weighted by molar-refractivity contribution is 7.51. The van der Waals surface area contributed by atoms with Crippen molar-refractivity contribution in [2.24, 2.45) is 5.73 Å². The van der Waals surface area contributed by atoms with E-state index in [1.807, 2.05) is 0 Å². The molecule has 0 spiro atoms. The van der Waals surface area contributed by atoms with E-state index in [4.69, 9.17) is 15.5 Å². The molecular weight excluding hydrogens is 130 g/mol. The molecule has 0 heterocycles. The fourth-order valence-corrected chi connectivity index (χ4v) is 0.892. The van der Waals surface area contributed by atoms with Gasteiger partial charge in [-0.2, -0.15) is 0 Å². The molecule has 0 bridgehead atoms. The summed E-state index contributed by atoms with van der Waals surface area (Å²) in [5.41, 5.74) is 4.99. The number of rotatable bonds is 3. The minimum Gasteiger partial charge on any atom is -0.330 e. The Morgan fingerprint density at radius 3 is 2.12 bits per heavy atom. The van der Waals surface area contributed by atoms with Crippen LogP contribution in [0.3, 0.4) is 0 Å². The Bertz CT molecular complexity index is 98.7. The summed E-state index contributed by atoms with van der Waals surface area (Å²) in [5.74, 6) is 0. The Morgan fingerprint density at radius 1 is 1.50 bits per heavy atom. The maximum Gasteiger partial charge on any atom is 0.325 e. The van der Waals surface area contributed by atoms with Crippen LogP contribution in [-0.2, 0) is 4.57 Å². The molecule has 4 nitrogen and oxygen atoms in total. The molecule has 4 N–H and O–H groups in total. The molecule has 0 aromatic heterocycles. The van der Waals surface area contributed by atoms with Gasteiger partial charge in [0.2, 0.25) is 0 Å². The Kier molecular flexibility index (Phi) is 3.24. The van der Waals surface area contributed by atoms with Crippen LogP contribution in [0, 0.1) is 0 Å². The van der Waals surface area contributed by atoms with Gasteiger partial charge in [0.1, 0.15) is 0 Å². The molecule has 0 aliphatic heterocycles. The summed E-state index contributed by atoms with van der Waals surface area (Å²) < 4.78 is 10.0. The van der Waals surface area contributed by atoms with Crippen molar-refractivity contribution in [3.05, 3.63) is 0 Å². The van der Waals surface area contributed by atoms with E-state index in [1.54, 1.807) is 0 Å². The third kappa shape index (κ3) is 6.11. The van der Waals surface area contributed by atoms with E-state index in [2.05, 4.69) is 0 Å². The molecule has 5 heteroatoms. The van der Waals surface area contributed by atoms with Gasteiger partial charge in [0.25, 0.3) is 0 Å². The average molecular weight is 140 g/mol. The predicted octanol–water partition coefficient (Wildman–Crippen LogP) is -0.487. The molecular formula is C3H10NO3P. The first kappa shape index (κ1) is 8.11. The first-order valence-corrected chi connectivity index (χ1v) is 4.10. The maximum absolute atomic E-state index is 10.0. The van der Waals surface area contributed by atoms with E-state index >= 15 is 0 Å². The molecule has 0 rings (SSSR count). The number of hydrogen-bond acceptors (Lipinski definition) is 2. The zero-order valence-corrected chi connectivity index (χ0v) is 5.34. The second-order valence-corrected chi connectivity index (χ2v) is 3.31. The highest BCUT2D eigenvalue weighted by Crippen LogP contribution is 2.34. The highest BCUT2D eigenvalue weighted by Gasteiger charge is 2.09. The molecule has 50 valence electrons. The van der Waals surface area contributed by atoms with Gasteiger partial charge >= 0.3 is 7.60 Å². The minimum absolute atomic E-state index is 0.0938. The van der Waals surface area contributed by atoms with Gasteiger partial charge in [0.15, 0.2) is 0 Å². The van der Waals surface area contributed by atoms with Gasteiger partial charge in [-0.1, -0.05) is 0 Å². The van der Waals surface area contributed by atoms with Gasteiger partial charge in [-0.05, 0) is 13.0 Å². The third-order valence-corrected chi connectivity index (χ3v) is 1.55. The molecule has 0 saturated carbocycles. The van der Waals surface area contributed by atoms with Crippen molar-refractivity contribution in [1.82, 2.24) is 0 Å². The zero-order chi connectivity index (χ0) is 6.62. The van der Waals surface area contributed by atoms with E-state index in [0.717, 1.165) is 0 Å². The average Bonchev–Trinajstić information content (AvgIpc) is 1.59. The van der Waals surface area contributed by atoms with Crippen molar-refractivity contribution in [2.45, 2.75) is 6.42 Å². The number of nitrogens with two attached hydrogens (primary N) is 1. The Morgan fingerprint density at radius 2 is 2.00 bits per heavy atom. The van der Waals surface area contributed by atoms with E-state index in [1.165, 1.54) is 0 Å². The van der Waals surface area contributed by atoms with Crippen molar-refractivity contribution in [2.75, 3.05) is 12.7 Å². The standard InChI is InChI=1S/C3H10NO3P/c4-2-1-3-8(5,6)7/h1-4H2,(H2,5,6,7)/i4+1. The Labute approximate surface area is 47.9 Å². The van der Waals surface area contributed by atoms with Crippen LogP contribution >= 0.6 is 7.60 Å². The molecule has 0 fully saturated rings. The van der Waals surface area contributed by atoms with E-state index in [0.29, 0.717) is 13.0 Å². The summed E-state index contributed by atoms with van der Waals surface area (Å²) in [6, 6.07) is 0. The van der Waals surface area contributed by atoms with E-state index < -0.39 is 7.60 Å². The first-order chi connectivity index (χ1) is 3.56. The lowest BCUT2D eigenvalue weighted by Crippen LogP contribution is -2.01. The summed E-state index contributed by atoms with van der Waals surface area (Å²) in [7, 11) is -3.76. The lowest BCUT2D eigenvalue weighted by atomic mass is 10.5. The van der Waals surface area contributed by atoms with Crippen LogP contribution in [0.5, 0.6) is 0 Å². The molecule has 0 unspecified atom stereocenters. The molecule has 8 heavy (non-hydrogen) atoms. The van der Waals surface area contributed by atoms with Gasteiger partial charge in [0, 0.05) is 0 Å². The molecule has 0 amide bonds. The largest absolute Gasteiger partial charge is 0.330 e. The van der Waals surface area contributed by atoms with Crippen LogP contribution in [0.4, 0.5) is 0 Å². The molecule has 0 atom stereocenters. The van der Waals surface area contributed by atoms with Crippen LogP contribution in [-0.4, -0.2) is 22.5 Å². The van der Waals surface area contributed by atoms with Gasteiger partial charge < -0.3 is 15.5 Å². The molecule has 0 aromatic rings. The fourth-order valence-electron chi connectivity index (χ4n) is 0.297. The van der Waals surface area contributed by atoms with Crippen LogP contribution < -0.4 is 5.73 Å². The molecule has 0 aliphatic carbocycles. The predicted molar refractivity (Wildman–Crippen MR) is 30.6 cm³/mol. The Balaban J connectivity index is 3.26. The zero-order valence-electron chi connectivity index (χ0n) is 4.45. The van der Waals surface area contributed by atoms with Crippen LogP contribution in [0.1, 0.15) is 6.42 Å². The van der Waals surface area contributed by atoms with Gasteiger partial charge in [0.05, 0.1) is 6.16 Å². The molecule has 0 radical (unpaired) electrons. The second kappa shape index (κ2) is 3.20. The van der Waals surface area contributed by atoms with Gasteiger partial charge in [-0.3, -0.25) is 4.57 Å². The normalized spacial score (nSPS) is 11.9. The van der Waals surface area contributed by atoms with Crippen LogP contribution in [0.2, 0.25) is 0 Å². The smallest absolute Gasteiger partial charge is 0.325 e. The highest BCUT2D eigenvalue weighted by atomic mass is 31.2. The first-order valence-electron chi connectivity index (χ1n) is 2.31. The van der Waals surface area contributed by atoms with Crippen molar-refractivity contribution < 1.29 is 14.4 Å². The molecule has 0 saturated heterocycles. The molecule has 0 aromatic carbocycles. The summed E-state index contributed by atoms with van der Waals surface area (Å²) >= 11 is 0. The quantitative estimate of drug-likeness (QED) is 0.365. The van der Waals surface area contributed by atoms with Gasteiger partial charge in [-0.25, -0.2) is 0 Å². The summed E-state index contributed by atoms with van der Waals surface area (Å²) in [6.07, 6.45) is 0.299. The van der Waals surface area contributed by atoms with Crippen molar-refractivity contribution >= 4 is 7.60 Å². The lowest BCUT2D eigenvalue weighted by Gasteiger charge is -1.98. The van der Waals surface area contributed by atoms with Crippen LogP contribution in [0.15, 0.2) is 0 Å².